The van der Waals surface area contributed by atoms with Gasteiger partial charge in [-0.15, -0.1) is 0 Å². The molecule has 22 heavy (non-hydrogen) atoms. The van der Waals surface area contributed by atoms with Crippen LogP contribution in [0.15, 0.2) is 47.5 Å². The van der Waals surface area contributed by atoms with Crippen LogP contribution in [0.5, 0.6) is 0 Å². The van der Waals surface area contributed by atoms with Crippen LogP contribution < -0.4 is 0 Å². The molecule has 0 radical (unpaired) electrons. The third kappa shape index (κ3) is 3.15. The van der Waals surface area contributed by atoms with Crippen molar-refractivity contribution in [2.45, 2.75) is 0 Å². The Hall–Kier alpha value is -3.49. The average Bonchev–Trinajstić information content (AvgIpc) is 2.48. The molecule has 0 saturated heterocycles. The fourth-order valence-electron chi connectivity index (χ4n) is 1.66. The molecule has 0 heterocycles. The average molecular weight is 301 g/mol. The Bertz CT molecular complexity index is 773. The van der Waals surface area contributed by atoms with Crippen LogP contribution in [0.25, 0.3) is 0 Å². The third-order valence-corrected chi connectivity index (χ3v) is 2.69. The Balaban J connectivity index is 2.42. The highest BCUT2D eigenvalue weighted by Crippen LogP contribution is 2.25. The summed E-state index contributed by atoms with van der Waals surface area (Å²) in [6.07, 6.45) is 4.96. The number of non-ortho nitro benzene ring substituents is 1. The lowest BCUT2D eigenvalue weighted by atomic mass is 10.1. The summed E-state index contributed by atoms with van der Waals surface area (Å²) in [5, 5.41) is 21.6. The summed E-state index contributed by atoms with van der Waals surface area (Å²) in [5.74, 6) is -1.20. The van der Waals surface area contributed by atoms with Crippen molar-refractivity contribution in [2.75, 3.05) is 0 Å². The zero-order chi connectivity index (χ0) is 16.3. The zero-order valence-corrected chi connectivity index (χ0v) is 10.8. The van der Waals surface area contributed by atoms with Crippen LogP contribution in [0.1, 0.15) is 10.4 Å². The number of hydrogen-bond donors (Lipinski definition) is 0. The van der Waals surface area contributed by atoms with Gasteiger partial charge in [0.05, 0.1) is 21.6 Å². The Morgan fingerprint density at radius 1 is 1.00 bits per heavy atom. The van der Waals surface area contributed by atoms with Crippen LogP contribution in [0, 0.1) is 20.2 Å². The van der Waals surface area contributed by atoms with Crippen molar-refractivity contribution in [1.82, 2.24) is 0 Å². The van der Waals surface area contributed by atoms with Gasteiger partial charge in [-0.2, -0.15) is 0 Å². The summed E-state index contributed by atoms with van der Waals surface area (Å²) in [5.41, 5.74) is -1.43. The second-order valence-electron chi connectivity index (χ2n) is 4.13. The van der Waals surface area contributed by atoms with Gasteiger partial charge in [0.25, 0.3) is 17.3 Å². The summed E-state index contributed by atoms with van der Waals surface area (Å²) in [6.45, 7) is 0. The number of amides is 1. The van der Waals surface area contributed by atoms with E-state index < -0.39 is 27.1 Å². The number of nitrogens with zero attached hydrogens (tertiary/aromatic N) is 3. The van der Waals surface area contributed by atoms with Crippen LogP contribution in [0.3, 0.4) is 0 Å². The first-order valence-electron chi connectivity index (χ1n) is 5.84. The molecule has 0 atom stereocenters. The van der Waals surface area contributed by atoms with Crippen molar-refractivity contribution in [3.8, 4) is 0 Å². The second kappa shape index (κ2) is 5.87. The standard InChI is InChI=1S/C13H7N3O6/c17-10-4-1-8(2-5-10)14-13(18)11-6-3-9(15(19)20)7-12(11)16(21)22/h1-7H. The smallest absolute Gasteiger partial charge is 0.289 e. The molecule has 0 unspecified atom stereocenters. The van der Waals surface area contributed by atoms with E-state index in [0.717, 1.165) is 12.1 Å². The van der Waals surface area contributed by atoms with E-state index in [-0.39, 0.29) is 17.1 Å². The Morgan fingerprint density at radius 3 is 2.18 bits per heavy atom. The molecule has 1 aromatic carbocycles. The minimum atomic E-state index is -0.930. The number of nitro groups is 2. The molecule has 9 nitrogen and oxygen atoms in total. The van der Waals surface area contributed by atoms with Crippen molar-refractivity contribution in [1.29, 1.82) is 0 Å². The van der Waals surface area contributed by atoms with Crippen LogP contribution in [0.4, 0.5) is 11.4 Å². The van der Waals surface area contributed by atoms with Gasteiger partial charge in [-0.25, -0.2) is 4.99 Å². The van der Waals surface area contributed by atoms with E-state index in [1.165, 1.54) is 24.3 Å². The molecule has 1 aliphatic carbocycles. The Kier molecular flexibility index (Phi) is 3.98. The first-order valence-corrected chi connectivity index (χ1v) is 5.84. The summed E-state index contributed by atoms with van der Waals surface area (Å²) >= 11 is 0. The van der Waals surface area contributed by atoms with Gasteiger partial charge in [-0.1, -0.05) is 0 Å². The van der Waals surface area contributed by atoms with E-state index in [1.807, 2.05) is 0 Å². The molecule has 0 bridgehead atoms. The van der Waals surface area contributed by atoms with E-state index in [1.54, 1.807) is 0 Å². The van der Waals surface area contributed by atoms with Gasteiger partial charge in [-0.3, -0.25) is 29.8 Å². The van der Waals surface area contributed by atoms with Gasteiger partial charge in [0.15, 0.2) is 5.78 Å². The third-order valence-electron chi connectivity index (χ3n) is 2.69. The lowest BCUT2D eigenvalue weighted by Gasteiger charge is -2.01. The second-order valence-corrected chi connectivity index (χ2v) is 4.13. The maximum Gasteiger partial charge on any atom is 0.289 e. The van der Waals surface area contributed by atoms with Gasteiger partial charge >= 0.3 is 0 Å². The van der Waals surface area contributed by atoms with E-state index in [0.29, 0.717) is 6.07 Å². The Morgan fingerprint density at radius 2 is 1.64 bits per heavy atom. The van der Waals surface area contributed by atoms with E-state index in [4.69, 9.17) is 0 Å². The summed E-state index contributed by atoms with van der Waals surface area (Å²) < 4.78 is 0. The molecule has 1 aromatic rings. The number of rotatable bonds is 3. The molecule has 1 aliphatic rings. The van der Waals surface area contributed by atoms with Crippen LogP contribution >= 0.6 is 0 Å². The highest BCUT2D eigenvalue weighted by Gasteiger charge is 2.24. The molecule has 0 saturated carbocycles. The summed E-state index contributed by atoms with van der Waals surface area (Å²) in [7, 11) is 0. The number of benzene rings is 1. The number of nitro benzene ring substituents is 2. The minimum absolute atomic E-state index is 0.150. The van der Waals surface area contributed by atoms with Gasteiger partial charge in [0.2, 0.25) is 0 Å². The SMILES string of the molecule is O=C1C=CC(=NC(=O)c2ccc([N+](=O)[O-])cc2[N+](=O)[O-])C=C1. The zero-order valence-electron chi connectivity index (χ0n) is 10.8. The van der Waals surface area contributed by atoms with Gasteiger partial charge in [0, 0.05) is 6.07 Å². The molecule has 2 rings (SSSR count). The lowest BCUT2D eigenvalue weighted by molar-refractivity contribution is -0.394. The predicted octanol–water partition coefficient (Wildman–Crippen LogP) is 1.78. The molecule has 0 spiro atoms. The lowest BCUT2D eigenvalue weighted by Crippen LogP contribution is -2.06. The number of aliphatic imine (C=N–C) groups is 1. The number of hydrogen-bond acceptors (Lipinski definition) is 6. The number of carbonyl (C=O) groups is 2. The minimum Gasteiger partial charge on any atom is -0.290 e. The van der Waals surface area contributed by atoms with Crippen LogP contribution in [-0.4, -0.2) is 27.2 Å². The molecule has 9 heteroatoms. The highest BCUT2D eigenvalue weighted by molar-refractivity contribution is 6.20. The summed E-state index contributed by atoms with van der Waals surface area (Å²) in [4.78, 5) is 46.4. The van der Waals surface area contributed by atoms with Crippen molar-refractivity contribution in [3.63, 3.8) is 0 Å². The first kappa shape index (κ1) is 14.9. The fourth-order valence-corrected chi connectivity index (χ4v) is 1.66. The molecular weight excluding hydrogens is 294 g/mol. The fraction of sp³-hybridized carbons (Fsp3) is 0. The predicted molar refractivity (Wildman–Crippen MR) is 74.8 cm³/mol. The van der Waals surface area contributed by atoms with E-state index >= 15 is 0 Å². The monoisotopic (exact) mass is 301 g/mol. The number of allylic oxidation sites excluding steroid dienone is 4. The molecule has 0 N–H and O–H groups in total. The van der Waals surface area contributed by atoms with E-state index in [9.17, 15) is 29.8 Å². The molecule has 110 valence electrons. The molecule has 1 amide bonds. The van der Waals surface area contributed by atoms with E-state index in [2.05, 4.69) is 4.99 Å². The molecule has 0 aliphatic heterocycles. The topological polar surface area (TPSA) is 133 Å². The molecule has 0 fully saturated rings. The summed E-state index contributed by atoms with van der Waals surface area (Å²) in [6, 6.07) is 2.66. The number of ketones is 1. The Labute approximate surface area is 122 Å². The van der Waals surface area contributed by atoms with Crippen LogP contribution in [0.2, 0.25) is 0 Å². The largest absolute Gasteiger partial charge is 0.290 e. The highest BCUT2D eigenvalue weighted by atomic mass is 16.6. The maximum atomic E-state index is 12.0. The van der Waals surface area contributed by atoms with Gasteiger partial charge in [0.1, 0.15) is 5.56 Å². The molecular formula is C13H7N3O6. The quantitative estimate of drug-likeness (QED) is 0.474. The van der Waals surface area contributed by atoms with Crippen LogP contribution in [-0.2, 0) is 4.79 Å². The van der Waals surface area contributed by atoms with Crippen molar-refractivity contribution in [2.24, 2.45) is 4.99 Å². The van der Waals surface area contributed by atoms with Gasteiger partial charge in [-0.05, 0) is 30.4 Å². The number of carbonyl (C=O) groups excluding carboxylic acids is 2. The normalized spacial score (nSPS) is 13.1. The molecule has 0 aromatic heterocycles. The van der Waals surface area contributed by atoms with Crippen molar-refractivity contribution >= 4 is 28.8 Å². The van der Waals surface area contributed by atoms with Crippen molar-refractivity contribution in [3.05, 3.63) is 68.3 Å². The van der Waals surface area contributed by atoms with Gasteiger partial charge < -0.3 is 0 Å². The maximum absolute atomic E-state index is 12.0. The first-order chi connectivity index (χ1) is 10.4. The van der Waals surface area contributed by atoms with Crippen molar-refractivity contribution < 1.29 is 19.4 Å².